The van der Waals surface area contributed by atoms with Gasteiger partial charge in [-0.1, -0.05) is 0 Å². The Morgan fingerprint density at radius 2 is 2.07 bits per heavy atom. The van der Waals surface area contributed by atoms with Crippen molar-refractivity contribution in [2.75, 3.05) is 0 Å². The molecular formula is C7H3BrClNO4S. The summed E-state index contributed by atoms with van der Waals surface area (Å²) in [5, 5.41) is 0. The Bertz CT molecular complexity index is 687. The quantitative estimate of drug-likeness (QED) is 0.814. The molecule has 0 aliphatic rings. The monoisotopic (exact) mass is 311 g/mol. The summed E-state index contributed by atoms with van der Waals surface area (Å²) in [5.41, 5.74) is 0.540. The highest BCUT2D eigenvalue weighted by Crippen LogP contribution is 2.28. The maximum Gasteiger partial charge on any atom is 0.417 e. The number of fused-ring (bicyclic) bond motifs is 1. The molecule has 0 atom stereocenters. The molecule has 0 aliphatic carbocycles. The highest BCUT2D eigenvalue weighted by molar-refractivity contribution is 9.10. The fraction of sp³-hybridized carbons (Fsp3) is 0. The summed E-state index contributed by atoms with van der Waals surface area (Å²) in [6.07, 6.45) is 0. The summed E-state index contributed by atoms with van der Waals surface area (Å²) in [5.74, 6) is -0.652. The largest absolute Gasteiger partial charge is 0.417 e. The van der Waals surface area contributed by atoms with Crippen molar-refractivity contribution >= 4 is 46.8 Å². The topological polar surface area (TPSA) is 80.1 Å². The van der Waals surface area contributed by atoms with E-state index in [2.05, 4.69) is 20.9 Å². The van der Waals surface area contributed by atoms with Gasteiger partial charge >= 0.3 is 5.76 Å². The molecule has 2 aromatic rings. The van der Waals surface area contributed by atoms with Gasteiger partial charge in [-0.05, 0) is 22.0 Å². The number of oxazole rings is 1. The third-order valence-electron chi connectivity index (χ3n) is 1.74. The van der Waals surface area contributed by atoms with Crippen molar-refractivity contribution in [2.24, 2.45) is 0 Å². The zero-order valence-corrected chi connectivity index (χ0v) is 10.1. The molecule has 1 heterocycles. The lowest BCUT2D eigenvalue weighted by atomic mass is 10.3. The normalized spacial score (nSPS) is 12.1. The van der Waals surface area contributed by atoms with Crippen LogP contribution in [-0.4, -0.2) is 13.4 Å². The van der Waals surface area contributed by atoms with Gasteiger partial charge in [0.15, 0.2) is 5.58 Å². The molecule has 0 fully saturated rings. The van der Waals surface area contributed by atoms with Crippen molar-refractivity contribution in [1.29, 1.82) is 0 Å². The number of H-pyrrole nitrogens is 1. The molecule has 5 nitrogen and oxygen atoms in total. The molecule has 2 rings (SSSR count). The predicted octanol–water partition coefficient (Wildman–Crippen LogP) is 1.81. The summed E-state index contributed by atoms with van der Waals surface area (Å²) in [6.45, 7) is 0. The molecule has 0 saturated carbocycles. The van der Waals surface area contributed by atoms with Gasteiger partial charge in [-0.25, -0.2) is 13.2 Å². The van der Waals surface area contributed by atoms with Crippen molar-refractivity contribution in [1.82, 2.24) is 4.98 Å². The van der Waals surface area contributed by atoms with Crippen LogP contribution in [0, 0.1) is 0 Å². The van der Waals surface area contributed by atoms with E-state index in [-0.39, 0.29) is 15.0 Å². The van der Waals surface area contributed by atoms with Gasteiger partial charge in [-0.15, -0.1) is 0 Å². The Kier molecular flexibility index (Phi) is 2.40. The van der Waals surface area contributed by atoms with Crippen LogP contribution in [0.1, 0.15) is 0 Å². The second-order valence-electron chi connectivity index (χ2n) is 2.73. The Hall–Kier alpha value is -0.790. The summed E-state index contributed by atoms with van der Waals surface area (Å²) in [4.78, 5) is 13.1. The molecule has 1 N–H and O–H groups in total. The summed E-state index contributed by atoms with van der Waals surface area (Å²) >= 11 is 3.04. The van der Waals surface area contributed by atoms with E-state index in [1.54, 1.807) is 0 Å². The Morgan fingerprint density at radius 3 is 2.67 bits per heavy atom. The molecule has 0 bridgehead atoms. The van der Waals surface area contributed by atoms with E-state index in [1.165, 1.54) is 12.1 Å². The van der Waals surface area contributed by atoms with Crippen molar-refractivity contribution in [2.45, 2.75) is 4.90 Å². The Morgan fingerprint density at radius 1 is 1.40 bits per heavy atom. The molecule has 80 valence electrons. The highest BCUT2D eigenvalue weighted by Gasteiger charge is 2.17. The third kappa shape index (κ3) is 1.95. The molecule has 1 aromatic heterocycles. The van der Waals surface area contributed by atoms with Crippen LogP contribution >= 0.6 is 26.6 Å². The zero-order valence-electron chi connectivity index (χ0n) is 6.95. The van der Waals surface area contributed by atoms with Crippen LogP contribution in [-0.2, 0) is 9.05 Å². The lowest BCUT2D eigenvalue weighted by molar-refractivity contribution is 0.554. The highest BCUT2D eigenvalue weighted by atomic mass is 79.9. The molecule has 0 aliphatic heterocycles. The van der Waals surface area contributed by atoms with E-state index in [1.807, 2.05) is 0 Å². The van der Waals surface area contributed by atoms with Crippen LogP contribution in [0.25, 0.3) is 11.1 Å². The zero-order chi connectivity index (χ0) is 11.2. The molecule has 1 aromatic carbocycles. The van der Waals surface area contributed by atoms with Gasteiger partial charge in [-0.3, -0.25) is 4.98 Å². The van der Waals surface area contributed by atoms with Gasteiger partial charge in [-0.2, -0.15) is 0 Å². The maximum absolute atomic E-state index is 11.1. The first-order valence-corrected chi connectivity index (χ1v) is 6.75. The van der Waals surface area contributed by atoms with Crippen LogP contribution in [0.2, 0.25) is 0 Å². The van der Waals surface area contributed by atoms with Crippen molar-refractivity contribution in [3.63, 3.8) is 0 Å². The van der Waals surface area contributed by atoms with Gasteiger partial charge < -0.3 is 4.42 Å². The Labute approximate surface area is 96.6 Å². The Balaban J connectivity index is 2.89. The average molecular weight is 313 g/mol. The molecule has 0 spiro atoms. The first-order chi connectivity index (χ1) is 6.88. The van der Waals surface area contributed by atoms with E-state index < -0.39 is 14.8 Å². The molecule has 0 radical (unpaired) electrons. The van der Waals surface area contributed by atoms with Crippen LogP contribution in [0.4, 0.5) is 0 Å². The minimum absolute atomic E-state index is 0.139. The van der Waals surface area contributed by atoms with Crippen molar-refractivity contribution in [3.8, 4) is 0 Å². The molecular weight excluding hydrogens is 310 g/mol. The number of aromatic nitrogens is 1. The molecule has 0 unspecified atom stereocenters. The third-order valence-corrected chi connectivity index (χ3v) is 4.02. The first-order valence-electron chi connectivity index (χ1n) is 3.65. The van der Waals surface area contributed by atoms with Crippen LogP contribution in [0.5, 0.6) is 0 Å². The molecule has 0 saturated heterocycles. The van der Waals surface area contributed by atoms with Crippen LogP contribution in [0.3, 0.4) is 0 Å². The fourth-order valence-electron chi connectivity index (χ4n) is 1.14. The van der Waals surface area contributed by atoms with Crippen molar-refractivity contribution < 1.29 is 12.8 Å². The second-order valence-corrected chi connectivity index (χ2v) is 6.12. The lowest BCUT2D eigenvalue weighted by Crippen LogP contribution is -1.93. The minimum Gasteiger partial charge on any atom is -0.408 e. The summed E-state index contributed by atoms with van der Waals surface area (Å²) in [7, 11) is 1.32. The number of hydrogen-bond acceptors (Lipinski definition) is 4. The van der Waals surface area contributed by atoms with Gasteiger partial charge in [0.05, 0.1) is 5.52 Å². The molecule has 0 amide bonds. The fourth-order valence-corrected chi connectivity index (χ4v) is 3.32. The van der Waals surface area contributed by atoms with Crippen molar-refractivity contribution in [3.05, 3.63) is 27.2 Å². The van der Waals surface area contributed by atoms with E-state index in [9.17, 15) is 13.2 Å². The molecule has 8 heteroatoms. The number of rotatable bonds is 1. The number of benzene rings is 1. The standard InChI is InChI=1S/C7H3BrClNO4S/c8-3-1-4-5(14-7(11)10-4)2-6(3)15(9,12)13/h1-2H,(H,10,11). The van der Waals surface area contributed by atoms with E-state index >= 15 is 0 Å². The van der Waals surface area contributed by atoms with Gasteiger partial charge in [0.2, 0.25) is 0 Å². The SMILES string of the molecule is O=c1[nH]c2cc(Br)c(S(=O)(=O)Cl)cc2o1. The van der Waals surface area contributed by atoms with E-state index in [0.717, 1.165) is 0 Å². The maximum atomic E-state index is 11.1. The summed E-state index contributed by atoms with van der Waals surface area (Å²) < 4.78 is 27.2. The molecule has 15 heavy (non-hydrogen) atoms. The van der Waals surface area contributed by atoms with Gasteiger partial charge in [0.1, 0.15) is 4.90 Å². The predicted molar refractivity (Wildman–Crippen MR) is 57.6 cm³/mol. The smallest absolute Gasteiger partial charge is 0.408 e. The van der Waals surface area contributed by atoms with Crippen LogP contribution in [0.15, 0.2) is 30.7 Å². The minimum atomic E-state index is -3.87. The number of aromatic amines is 1. The van der Waals surface area contributed by atoms with E-state index in [4.69, 9.17) is 15.1 Å². The first kappa shape index (κ1) is 10.7. The van der Waals surface area contributed by atoms with Gasteiger partial charge in [0, 0.05) is 21.2 Å². The lowest BCUT2D eigenvalue weighted by Gasteiger charge is -1.98. The summed E-state index contributed by atoms with van der Waals surface area (Å²) in [6, 6.07) is 2.59. The van der Waals surface area contributed by atoms with E-state index in [0.29, 0.717) is 5.52 Å². The number of nitrogens with one attached hydrogen (secondary N) is 1. The number of halogens is 2. The van der Waals surface area contributed by atoms with Crippen LogP contribution < -0.4 is 5.76 Å². The number of hydrogen-bond donors (Lipinski definition) is 1. The van der Waals surface area contributed by atoms with Gasteiger partial charge in [0.25, 0.3) is 9.05 Å². The second kappa shape index (κ2) is 3.36. The average Bonchev–Trinajstić information content (AvgIpc) is 2.40.